The van der Waals surface area contributed by atoms with Crippen molar-refractivity contribution in [3.63, 3.8) is 0 Å². The summed E-state index contributed by atoms with van der Waals surface area (Å²) in [7, 11) is 2.14. The molecule has 2 N–H and O–H groups in total. The van der Waals surface area contributed by atoms with E-state index in [1.54, 1.807) is 30.3 Å². The van der Waals surface area contributed by atoms with Crippen LogP contribution in [0.3, 0.4) is 0 Å². The third-order valence-corrected chi connectivity index (χ3v) is 7.03. The zero-order valence-corrected chi connectivity index (χ0v) is 18.4. The number of likely N-dealkylation sites (N-methyl/N-ethyl adjacent to an activating group) is 1. The van der Waals surface area contributed by atoms with E-state index in [1.165, 1.54) is 5.56 Å². The number of carbonyl (C=O) groups excluding carboxylic acids is 1. The van der Waals surface area contributed by atoms with Crippen LogP contribution in [0, 0.1) is 11.3 Å². The molecule has 162 valence electrons. The minimum absolute atomic E-state index is 0.00104. The third kappa shape index (κ3) is 3.75. The summed E-state index contributed by atoms with van der Waals surface area (Å²) in [6, 6.07) is 14.9. The van der Waals surface area contributed by atoms with Gasteiger partial charge >= 0.3 is 6.03 Å². The lowest BCUT2D eigenvalue weighted by Gasteiger charge is -2.57. The highest BCUT2D eigenvalue weighted by atomic mass is 16.3. The molecule has 31 heavy (non-hydrogen) atoms. The Morgan fingerprint density at radius 2 is 2.06 bits per heavy atom. The first kappa shape index (κ1) is 21.2. The topological polar surface area (TPSA) is 79.6 Å². The first-order valence-corrected chi connectivity index (χ1v) is 11.0. The number of hydrogen-bond acceptors (Lipinski definition) is 4. The molecule has 3 atom stereocenters. The number of nitrogens with zero attached hydrogens (tertiary/aromatic N) is 3. The molecule has 1 aliphatic carbocycles. The summed E-state index contributed by atoms with van der Waals surface area (Å²) in [6.45, 7) is 5.95. The molecule has 0 unspecified atom stereocenters. The Labute approximate surface area is 184 Å². The van der Waals surface area contributed by atoms with Crippen molar-refractivity contribution in [3.8, 4) is 11.8 Å². The fraction of sp³-hybridized carbons (Fsp3) is 0.440. The average molecular weight is 419 g/mol. The monoisotopic (exact) mass is 418 g/mol. The summed E-state index contributed by atoms with van der Waals surface area (Å²) in [5.41, 5.74) is 3.44. The zero-order chi connectivity index (χ0) is 22.2. The van der Waals surface area contributed by atoms with Crippen LogP contribution in [-0.4, -0.2) is 53.2 Å². The van der Waals surface area contributed by atoms with E-state index in [2.05, 4.69) is 37.2 Å². The largest absolute Gasteiger partial charge is 0.508 e. The van der Waals surface area contributed by atoms with Crippen molar-refractivity contribution in [2.75, 3.05) is 25.5 Å². The van der Waals surface area contributed by atoms with Crippen LogP contribution >= 0.6 is 0 Å². The Morgan fingerprint density at radius 1 is 1.32 bits per heavy atom. The molecular formula is C25H30N4O2. The predicted octanol–water partition coefficient (Wildman–Crippen LogP) is 4.09. The molecule has 6 nitrogen and oxygen atoms in total. The number of phenols is 1. The van der Waals surface area contributed by atoms with Crippen molar-refractivity contribution in [1.29, 1.82) is 5.26 Å². The molecule has 0 saturated carbocycles. The number of nitriles is 1. The number of amides is 2. The van der Waals surface area contributed by atoms with Crippen LogP contribution in [0.2, 0.25) is 0 Å². The molecule has 2 aromatic rings. The van der Waals surface area contributed by atoms with E-state index in [4.69, 9.17) is 5.26 Å². The second-order valence-electron chi connectivity index (χ2n) is 9.02. The molecule has 2 aromatic carbocycles. The lowest BCUT2D eigenvalue weighted by atomic mass is 9.61. The highest BCUT2D eigenvalue weighted by molar-refractivity contribution is 5.90. The molecule has 1 fully saturated rings. The van der Waals surface area contributed by atoms with Gasteiger partial charge in [-0.05, 0) is 80.4 Å². The molecule has 4 rings (SSSR count). The number of nitrogens with one attached hydrogen (secondary N) is 1. The minimum atomic E-state index is -0.235. The summed E-state index contributed by atoms with van der Waals surface area (Å²) in [6.07, 6.45) is 2.64. The number of aromatic hydroxyl groups is 1. The quantitative estimate of drug-likeness (QED) is 0.784. The van der Waals surface area contributed by atoms with Crippen LogP contribution in [0.5, 0.6) is 5.75 Å². The number of urea groups is 1. The van der Waals surface area contributed by atoms with E-state index < -0.39 is 0 Å². The summed E-state index contributed by atoms with van der Waals surface area (Å²) in [4.78, 5) is 17.9. The van der Waals surface area contributed by atoms with Gasteiger partial charge in [-0.15, -0.1) is 0 Å². The molecule has 2 amide bonds. The maximum Gasteiger partial charge on any atom is 0.322 e. The number of likely N-dealkylation sites (tertiary alicyclic amines) is 1. The van der Waals surface area contributed by atoms with Crippen molar-refractivity contribution in [2.24, 2.45) is 0 Å². The molecule has 1 aliphatic heterocycles. The second-order valence-corrected chi connectivity index (χ2v) is 9.02. The lowest BCUT2D eigenvalue weighted by Crippen LogP contribution is -2.68. The molecule has 1 heterocycles. The van der Waals surface area contributed by atoms with Crippen molar-refractivity contribution in [2.45, 2.75) is 50.6 Å². The number of fused-ring (bicyclic) bond motifs is 4. The van der Waals surface area contributed by atoms with E-state index in [0.29, 0.717) is 17.8 Å². The lowest BCUT2D eigenvalue weighted by molar-refractivity contribution is 0.0117. The first-order valence-electron chi connectivity index (χ1n) is 11.0. The van der Waals surface area contributed by atoms with Gasteiger partial charge in [-0.2, -0.15) is 5.26 Å². The van der Waals surface area contributed by atoms with Crippen LogP contribution in [-0.2, 0) is 11.8 Å². The molecule has 2 bridgehead atoms. The molecule has 2 aliphatic rings. The van der Waals surface area contributed by atoms with Crippen LogP contribution in [0.1, 0.15) is 43.4 Å². The number of carbonyl (C=O) groups is 1. The summed E-state index contributed by atoms with van der Waals surface area (Å²) in [5, 5.41) is 22.3. The summed E-state index contributed by atoms with van der Waals surface area (Å²) < 4.78 is 0. The third-order valence-electron chi connectivity index (χ3n) is 7.03. The van der Waals surface area contributed by atoms with Crippen molar-refractivity contribution in [1.82, 2.24) is 9.80 Å². The Balaban J connectivity index is 1.70. The zero-order valence-electron chi connectivity index (χ0n) is 18.4. The predicted molar refractivity (Wildman–Crippen MR) is 121 cm³/mol. The molecule has 6 heteroatoms. The van der Waals surface area contributed by atoms with Gasteiger partial charge in [-0.25, -0.2) is 4.79 Å². The van der Waals surface area contributed by atoms with Gasteiger partial charge in [-0.3, -0.25) is 0 Å². The maximum absolute atomic E-state index is 13.5. The Morgan fingerprint density at radius 3 is 2.74 bits per heavy atom. The molecular weight excluding hydrogens is 388 g/mol. The van der Waals surface area contributed by atoms with Crippen LogP contribution in [0.15, 0.2) is 42.5 Å². The van der Waals surface area contributed by atoms with Gasteiger partial charge in [-0.1, -0.05) is 19.9 Å². The molecule has 0 aromatic heterocycles. The van der Waals surface area contributed by atoms with Crippen LogP contribution < -0.4 is 5.32 Å². The maximum atomic E-state index is 13.5. The van der Waals surface area contributed by atoms with Gasteiger partial charge in [0.15, 0.2) is 0 Å². The fourth-order valence-electron chi connectivity index (χ4n) is 5.43. The van der Waals surface area contributed by atoms with Crippen LogP contribution in [0.25, 0.3) is 0 Å². The van der Waals surface area contributed by atoms with Crippen molar-refractivity contribution in [3.05, 3.63) is 59.2 Å². The number of anilines is 1. The molecule has 0 spiro atoms. The van der Waals surface area contributed by atoms with Gasteiger partial charge in [0.25, 0.3) is 0 Å². The van der Waals surface area contributed by atoms with Crippen molar-refractivity contribution >= 4 is 11.7 Å². The van der Waals surface area contributed by atoms with Gasteiger partial charge in [0.2, 0.25) is 0 Å². The van der Waals surface area contributed by atoms with Crippen LogP contribution in [0.4, 0.5) is 10.5 Å². The number of phenolic OH excluding ortho intramolecular Hbond substituents is 1. The van der Waals surface area contributed by atoms with E-state index in [-0.39, 0.29) is 29.3 Å². The summed E-state index contributed by atoms with van der Waals surface area (Å²) >= 11 is 0. The molecule has 1 saturated heterocycles. The van der Waals surface area contributed by atoms with Crippen molar-refractivity contribution < 1.29 is 9.90 Å². The van der Waals surface area contributed by atoms with Gasteiger partial charge in [0.05, 0.1) is 17.7 Å². The minimum Gasteiger partial charge on any atom is -0.508 e. The normalized spacial score (nSPS) is 24.7. The Kier molecular flexibility index (Phi) is 5.63. The highest BCUT2D eigenvalue weighted by Gasteiger charge is 2.53. The van der Waals surface area contributed by atoms with E-state index in [0.717, 1.165) is 31.4 Å². The number of piperidine rings is 1. The first-order chi connectivity index (χ1) is 14.9. The van der Waals surface area contributed by atoms with E-state index >= 15 is 0 Å². The summed E-state index contributed by atoms with van der Waals surface area (Å²) in [5.74, 6) is 0.278. The number of hydrogen-bond donors (Lipinski definition) is 2. The van der Waals surface area contributed by atoms with E-state index in [9.17, 15) is 9.90 Å². The fourth-order valence-corrected chi connectivity index (χ4v) is 5.43. The SMILES string of the molecule is CCCN(C(=O)Nc1ccc(C#N)cc1)[C@H]1[C@H]2Cc3ccc(O)cc3[C@]1(C)CCN2C. The number of benzene rings is 2. The Bertz CT molecular complexity index is 1010. The van der Waals surface area contributed by atoms with E-state index in [1.807, 2.05) is 17.0 Å². The average Bonchev–Trinajstić information content (AvgIpc) is 2.76. The highest BCUT2D eigenvalue weighted by Crippen LogP contribution is 2.47. The Hall–Kier alpha value is -3.04. The molecule has 0 radical (unpaired) electrons. The van der Waals surface area contributed by atoms with Gasteiger partial charge in [0.1, 0.15) is 5.75 Å². The number of rotatable bonds is 4. The smallest absolute Gasteiger partial charge is 0.322 e. The van der Waals surface area contributed by atoms with Gasteiger partial charge in [0, 0.05) is 23.7 Å². The second kappa shape index (κ2) is 8.24. The standard InChI is InChI=1S/C25H30N4O2/c1-4-12-29(24(31)27-19-8-5-17(16-26)6-9-19)23-22-14-18-7-10-20(30)15-21(18)25(23,2)11-13-28(22)3/h5-10,15,22-23,30H,4,11-14H2,1-3H3,(H,27,31)/t22-,23+,25+/m1/s1. The van der Waals surface area contributed by atoms with Gasteiger partial charge < -0.3 is 20.2 Å².